The van der Waals surface area contributed by atoms with Crippen molar-refractivity contribution in [1.82, 2.24) is 10.6 Å². The number of nitrogens with zero attached hydrogens (tertiary/aromatic N) is 1. The molecule has 0 aliphatic rings. The van der Waals surface area contributed by atoms with Gasteiger partial charge in [0.2, 0.25) is 5.91 Å². The quantitative estimate of drug-likeness (QED) is 0.830. The molecule has 1 aromatic carbocycles. The van der Waals surface area contributed by atoms with Gasteiger partial charge in [0, 0.05) is 4.90 Å². The molecule has 118 valence electrons. The van der Waals surface area contributed by atoms with Gasteiger partial charge in [-0.3, -0.25) is 10.1 Å². The third kappa shape index (κ3) is 6.49. The monoisotopic (exact) mass is 331 g/mol. The number of imide groups is 1. The number of carbonyl (C=O) groups excluding carboxylic acids is 2. The number of carbonyl (C=O) groups is 2. The molecule has 5 nitrogen and oxygen atoms in total. The maximum absolute atomic E-state index is 11.9. The summed E-state index contributed by atoms with van der Waals surface area (Å²) in [6.07, 6.45) is -4.54. The Hall–Kier alpha value is -2.21. The van der Waals surface area contributed by atoms with Crippen molar-refractivity contribution in [2.24, 2.45) is 0 Å². The van der Waals surface area contributed by atoms with Crippen LogP contribution in [0, 0.1) is 11.3 Å². The number of nitriles is 1. The highest BCUT2D eigenvalue weighted by Gasteiger charge is 2.28. The SMILES string of the molecule is CC(Sc1ccc(C#N)cc1)C(=O)NC(=O)NCC(F)(F)F. The van der Waals surface area contributed by atoms with Gasteiger partial charge in [0.1, 0.15) is 6.54 Å². The molecule has 9 heteroatoms. The van der Waals surface area contributed by atoms with E-state index in [2.05, 4.69) is 0 Å². The van der Waals surface area contributed by atoms with Crippen LogP contribution in [-0.4, -0.2) is 29.9 Å². The molecule has 22 heavy (non-hydrogen) atoms. The van der Waals surface area contributed by atoms with Crippen LogP contribution in [0.15, 0.2) is 29.2 Å². The van der Waals surface area contributed by atoms with E-state index in [1.807, 2.05) is 11.4 Å². The first-order chi connectivity index (χ1) is 10.2. The Morgan fingerprint density at radius 2 is 1.91 bits per heavy atom. The second kappa shape index (κ2) is 7.70. The van der Waals surface area contributed by atoms with Crippen molar-refractivity contribution in [3.8, 4) is 6.07 Å². The minimum atomic E-state index is -4.54. The number of rotatable bonds is 4. The number of urea groups is 1. The Labute approximate surface area is 128 Å². The molecule has 0 aliphatic carbocycles. The van der Waals surface area contributed by atoms with E-state index in [1.54, 1.807) is 29.6 Å². The van der Waals surface area contributed by atoms with Crippen LogP contribution in [0.5, 0.6) is 0 Å². The molecule has 0 aliphatic heterocycles. The highest BCUT2D eigenvalue weighted by molar-refractivity contribution is 8.00. The number of hydrogen-bond donors (Lipinski definition) is 2. The normalized spacial score (nSPS) is 12.1. The molecular weight excluding hydrogens is 319 g/mol. The van der Waals surface area contributed by atoms with Gasteiger partial charge in [-0.15, -0.1) is 11.8 Å². The van der Waals surface area contributed by atoms with Gasteiger partial charge in [-0.2, -0.15) is 18.4 Å². The van der Waals surface area contributed by atoms with Crippen molar-refractivity contribution in [2.75, 3.05) is 6.54 Å². The van der Waals surface area contributed by atoms with E-state index in [1.165, 1.54) is 6.92 Å². The standard InChI is InChI=1S/C13H12F3N3O2S/c1-8(22-10-4-2-9(6-17)3-5-10)11(20)19-12(21)18-7-13(14,15)16/h2-5,8H,7H2,1H3,(H2,18,19,20,21). The highest BCUT2D eigenvalue weighted by atomic mass is 32.2. The van der Waals surface area contributed by atoms with Crippen molar-refractivity contribution in [2.45, 2.75) is 23.2 Å². The molecule has 3 amide bonds. The van der Waals surface area contributed by atoms with Gasteiger partial charge in [-0.05, 0) is 31.2 Å². The fraction of sp³-hybridized carbons (Fsp3) is 0.308. The molecule has 0 aromatic heterocycles. The van der Waals surface area contributed by atoms with Gasteiger partial charge in [-0.25, -0.2) is 4.79 Å². The van der Waals surface area contributed by atoms with Crippen LogP contribution in [0.25, 0.3) is 0 Å². The largest absolute Gasteiger partial charge is 0.405 e. The zero-order chi connectivity index (χ0) is 16.8. The molecule has 0 heterocycles. The Morgan fingerprint density at radius 1 is 1.32 bits per heavy atom. The lowest BCUT2D eigenvalue weighted by atomic mass is 10.2. The van der Waals surface area contributed by atoms with E-state index in [0.717, 1.165) is 11.8 Å². The molecule has 1 rings (SSSR count). The van der Waals surface area contributed by atoms with E-state index >= 15 is 0 Å². The Morgan fingerprint density at radius 3 is 2.41 bits per heavy atom. The predicted molar refractivity (Wildman–Crippen MR) is 74.1 cm³/mol. The van der Waals surface area contributed by atoms with Gasteiger partial charge in [0.05, 0.1) is 16.9 Å². The van der Waals surface area contributed by atoms with Crippen LogP contribution in [0.4, 0.5) is 18.0 Å². The zero-order valence-corrected chi connectivity index (χ0v) is 12.2. The molecular formula is C13H12F3N3O2S. The summed E-state index contributed by atoms with van der Waals surface area (Å²) in [5.41, 5.74) is 0.466. The van der Waals surface area contributed by atoms with E-state index in [4.69, 9.17) is 5.26 Å². The smallest absolute Gasteiger partial charge is 0.329 e. The molecule has 1 atom stereocenters. The van der Waals surface area contributed by atoms with Gasteiger partial charge in [-0.1, -0.05) is 0 Å². The summed E-state index contributed by atoms with van der Waals surface area (Å²) in [6, 6.07) is 7.17. The molecule has 0 bridgehead atoms. The van der Waals surface area contributed by atoms with Gasteiger partial charge in [0.25, 0.3) is 0 Å². The lowest BCUT2D eigenvalue weighted by Crippen LogP contribution is -2.45. The number of alkyl halides is 3. The molecule has 0 saturated carbocycles. The molecule has 2 N–H and O–H groups in total. The first-order valence-corrected chi connectivity index (χ1v) is 6.91. The number of amides is 3. The molecule has 0 saturated heterocycles. The van der Waals surface area contributed by atoms with Crippen molar-refractivity contribution in [3.63, 3.8) is 0 Å². The van der Waals surface area contributed by atoms with Crippen LogP contribution in [0.1, 0.15) is 12.5 Å². The topological polar surface area (TPSA) is 82.0 Å². The Kier molecular flexibility index (Phi) is 6.24. The van der Waals surface area contributed by atoms with Crippen molar-refractivity contribution < 1.29 is 22.8 Å². The summed E-state index contributed by atoms with van der Waals surface area (Å²) in [4.78, 5) is 23.5. The van der Waals surface area contributed by atoms with Gasteiger partial charge in [0.15, 0.2) is 0 Å². The van der Waals surface area contributed by atoms with E-state index < -0.39 is 29.9 Å². The fourth-order valence-electron chi connectivity index (χ4n) is 1.30. The molecule has 0 fully saturated rings. The summed E-state index contributed by atoms with van der Waals surface area (Å²) in [5, 5.41) is 11.3. The number of halogens is 3. The van der Waals surface area contributed by atoms with Crippen LogP contribution >= 0.6 is 11.8 Å². The fourth-order valence-corrected chi connectivity index (χ4v) is 2.17. The first kappa shape index (κ1) is 17.8. The third-order valence-electron chi connectivity index (χ3n) is 2.35. The van der Waals surface area contributed by atoms with Gasteiger partial charge < -0.3 is 5.32 Å². The number of hydrogen-bond acceptors (Lipinski definition) is 4. The zero-order valence-electron chi connectivity index (χ0n) is 11.4. The summed E-state index contributed by atoms with van der Waals surface area (Å²) < 4.78 is 35.7. The van der Waals surface area contributed by atoms with Crippen LogP contribution in [-0.2, 0) is 4.79 Å². The number of nitrogens with one attached hydrogen (secondary N) is 2. The minimum Gasteiger partial charge on any atom is -0.329 e. The first-order valence-electron chi connectivity index (χ1n) is 6.03. The molecule has 1 unspecified atom stereocenters. The molecule has 1 aromatic rings. The van der Waals surface area contributed by atoms with Crippen molar-refractivity contribution >= 4 is 23.7 Å². The van der Waals surface area contributed by atoms with Crippen molar-refractivity contribution in [3.05, 3.63) is 29.8 Å². The third-order valence-corrected chi connectivity index (χ3v) is 3.46. The van der Waals surface area contributed by atoms with E-state index in [-0.39, 0.29) is 0 Å². The average molecular weight is 331 g/mol. The maximum Gasteiger partial charge on any atom is 0.405 e. The van der Waals surface area contributed by atoms with Crippen LogP contribution < -0.4 is 10.6 Å². The van der Waals surface area contributed by atoms with Crippen LogP contribution in [0.2, 0.25) is 0 Å². The predicted octanol–water partition coefficient (Wildman–Crippen LogP) is 2.43. The summed E-state index contributed by atoms with van der Waals surface area (Å²) in [6.45, 7) is -0.00149. The molecule has 0 radical (unpaired) electrons. The Balaban J connectivity index is 2.47. The molecule has 0 spiro atoms. The maximum atomic E-state index is 11.9. The van der Waals surface area contributed by atoms with Gasteiger partial charge >= 0.3 is 12.2 Å². The summed E-state index contributed by atoms with van der Waals surface area (Å²) in [7, 11) is 0. The number of benzene rings is 1. The second-order valence-corrected chi connectivity index (χ2v) is 5.60. The summed E-state index contributed by atoms with van der Waals surface area (Å²) in [5.74, 6) is -0.714. The lowest BCUT2D eigenvalue weighted by molar-refractivity contribution is -0.124. The van der Waals surface area contributed by atoms with E-state index in [0.29, 0.717) is 10.5 Å². The summed E-state index contributed by atoms with van der Waals surface area (Å²) >= 11 is 1.11. The second-order valence-electron chi connectivity index (χ2n) is 4.18. The number of thioether (sulfide) groups is 1. The average Bonchev–Trinajstić information content (AvgIpc) is 2.45. The van der Waals surface area contributed by atoms with Crippen molar-refractivity contribution in [1.29, 1.82) is 5.26 Å². The lowest BCUT2D eigenvalue weighted by Gasteiger charge is -2.12. The Bertz CT molecular complexity index is 582. The minimum absolute atomic E-state index is 0.466. The van der Waals surface area contributed by atoms with E-state index in [9.17, 15) is 22.8 Å². The van der Waals surface area contributed by atoms with Crippen LogP contribution in [0.3, 0.4) is 0 Å². The highest BCUT2D eigenvalue weighted by Crippen LogP contribution is 2.23.